The van der Waals surface area contributed by atoms with Crippen molar-refractivity contribution in [3.05, 3.63) is 58.9 Å². The van der Waals surface area contributed by atoms with Crippen LogP contribution in [-0.2, 0) is 0 Å². The summed E-state index contributed by atoms with van der Waals surface area (Å²) in [6.45, 7) is 1.88. The summed E-state index contributed by atoms with van der Waals surface area (Å²) in [4.78, 5) is 16.4. The second-order valence-electron chi connectivity index (χ2n) is 3.78. The van der Waals surface area contributed by atoms with E-state index in [0.29, 0.717) is 11.3 Å². The summed E-state index contributed by atoms with van der Waals surface area (Å²) in [5, 5.41) is 4.21. The van der Waals surface area contributed by atoms with E-state index in [1.54, 1.807) is 35.4 Å². The highest BCUT2D eigenvalue weighted by Gasteiger charge is 2.06. The van der Waals surface area contributed by atoms with Crippen molar-refractivity contribution >= 4 is 5.65 Å². The lowest BCUT2D eigenvalue weighted by Crippen LogP contribution is -2.20. The Bertz CT molecular complexity index is 741. The minimum Gasteiger partial charge on any atom is -0.266 e. The summed E-state index contributed by atoms with van der Waals surface area (Å²) < 4.78 is 3.05. The van der Waals surface area contributed by atoms with Gasteiger partial charge in [-0.25, -0.2) is 9.67 Å². The fraction of sp³-hybridized carbons (Fsp3) is 0.0833. The van der Waals surface area contributed by atoms with Crippen LogP contribution in [0.1, 0.15) is 5.69 Å². The van der Waals surface area contributed by atoms with E-state index in [4.69, 9.17) is 0 Å². The number of rotatable bonds is 1. The third-order valence-electron chi connectivity index (χ3n) is 2.56. The minimum absolute atomic E-state index is 0.126. The monoisotopic (exact) mass is 226 g/mol. The molecular formula is C12H10N4O. The van der Waals surface area contributed by atoms with Gasteiger partial charge >= 0.3 is 0 Å². The van der Waals surface area contributed by atoms with Crippen LogP contribution in [0.2, 0.25) is 0 Å². The van der Waals surface area contributed by atoms with E-state index >= 15 is 0 Å². The van der Waals surface area contributed by atoms with Crippen molar-refractivity contribution < 1.29 is 0 Å². The van der Waals surface area contributed by atoms with Crippen molar-refractivity contribution in [3.8, 4) is 5.69 Å². The first kappa shape index (κ1) is 9.77. The summed E-state index contributed by atoms with van der Waals surface area (Å²) in [7, 11) is 0. The molecule has 5 nitrogen and oxygen atoms in total. The molecule has 17 heavy (non-hydrogen) atoms. The molecule has 0 N–H and O–H groups in total. The molecule has 3 rings (SSSR count). The van der Waals surface area contributed by atoms with Gasteiger partial charge in [0.1, 0.15) is 11.3 Å². The van der Waals surface area contributed by atoms with Gasteiger partial charge in [0, 0.05) is 12.4 Å². The Balaban J connectivity index is 2.32. The molecule has 0 aliphatic rings. The summed E-state index contributed by atoms with van der Waals surface area (Å²) in [5.41, 5.74) is 1.81. The Morgan fingerprint density at radius 2 is 2.06 bits per heavy atom. The molecule has 0 amide bonds. The molecule has 0 radical (unpaired) electrons. The number of pyridine rings is 1. The standard InChI is InChI=1S/C12H10N4O/c1-9-5-7-16(14-9)10-8-13-11-4-2-3-6-15(11)12(10)17/h2-8H,1H3. The molecule has 0 bridgehead atoms. The number of fused-ring (bicyclic) bond motifs is 1. The zero-order valence-corrected chi connectivity index (χ0v) is 9.24. The van der Waals surface area contributed by atoms with Crippen LogP contribution in [0.4, 0.5) is 0 Å². The Morgan fingerprint density at radius 3 is 2.82 bits per heavy atom. The Hall–Kier alpha value is -2.43. The second-order valence-corrected chi connectivity index (χ2v) is 3.78. The summed E-state index contributed by atoms with van der Waals surface area (Å²) in [6.07, 6.45) is 5.00. The molecule has 0 spiro atoms. The van der Waals surface area contributed by atoms with E-state index in [9.17, 15) is 4.79 Å². The number of hydrogen-bond donors (Lipinski definition) is 0. The molecule has 3 aromatic rings. The van der Waals surface area contributed by atoms with Crippen LogP contribution >= 0.6 is 0 Å². The number of nitrogens with zero attached hydrogens (tertiary/aromatic N) is 4. The quantitative estimate of drug-likeness (QED) is 0.626. The van der Waals surface area contributed by atoms with E-state index in [0.717, 1.165) is 5.69 Å². The van der Waals surface area contributed by atoms with E-state index in [1.807, 2.05) is 19.1 Å². The minimum atomic E-state index is -0.126. The van der Waals surface area contributed by atoms with Gasteiger partial charge in [-0.1, -0.05) is 6.07 Å². The summed E-state index contributed by atoms with van der Waals surface area (Å²) in [6, 6.07) is 7.28. The highest BCUT2D eigenvalue weighted by atomic mass is 16.1. The maximum atomic E-state index is 12.2. The molecule has 84 valence electrons. The van der Waals surface area contributed by atoms with Crippen LogP contribution in [0.3, 0.4) is 0 Å². The molecule has 0 unspecified atom stereocenters. The highest BCUT2D eigenvalue weighted by Crippen LogP contribution is 2.03. The molecule has 3 heterocycles. The SMILES string of the molecule is Cc1ccn(-c2cnc3ccccn3c2=O)n1. The van der Waals surface area contributed by atoms with Crippen LogP contribution in [0.5, 0.6) is 0 Å². The Labute approximate surface area is 97.0 Å². The van der Waals surface area contributed by atoms with Gasteiger partial charge in [0.2, 0.25) is 0 Å². The van der Waals surface area contributed by atoms with Crippen molar-refractivity contribution in [2.75, 3.05) is 0 Å². The lowest BCUT2D eigenvalue weighted by Gasteiger charge is -2.03. The normalized spacial score (nSPS) is 10.9. The average molecular weight is 226 g/mol. The molecule has 0 aromatic carbocycles. The topological polar surface area (TPSA) is 52.2 Å². The second kappa shape index (κ2) is 3.55. The average Bonchev–Trinajstić information content (AvgIpc) is 2.77. The predicted octanol–water partition coefficient (Wildman–Crippen LogP) is 1.19. The molecule has 0 atom stereocenters. The fourth-order valence-corrected chi connectivity index (χ4v) is 1.72. The smallest absolute Gasteiger partial charge is 0.266 e. The van der Waals surface area contributed by atoms with Gasteiger partial charge in [0.05, 0.1) is 11.9 Å². The van der Waals surface area contributed by atoms with Crippen molar-refractivity contribution in [2.45, 2.75) is 6.92 Å². The lowest BCUT2D eigenvalue weighted by atomic mass is 10.4. The Kier molecular flexibility index (Phi) is 2.04. The van der Waals surface area contributed by atoms with Crippen LogP contribution in [-0.4, -0.2) is 19.2 Å². The van der Waals surface area contributed by atoms with Crippen molar-refractivity contribution in [1.29, 1.82) is 0 Å². The zero-order chi connectivity index (χ0) is 11.8. The molecule has 0 aliphatic heterocycles. The first-order valence-corrected chi connectivity index (χ1v) is 5.25. The van der Waals surface area contributed by atoms with Gasteiger partial charge < -0.3 is 0 Å². The number of aryl methyl sites for hydroxylation is 1. The van der Waals surface area contributed by atoms with Crippen molar-refractivity contribution in [1.82, 2.24) is 19.2 Å². The molecular weight excluding hydrogens is 216 g/mol. The van der Waals surface area contributed by atoms with Gasteiger partial charge in [-0.05, 0) is 25.1 Å². The van der Waals surface area contributed by atoms with E-state index in [-0.39, 0.29) is 5.56 Å². The Morgan fingerprint density at radius 1 is 1.18 bits per heavy atom. The maximum absolute atomic E-state index is 12.2. The molecule has 0 aliphatic carbocycles. The van der Waals surface area contributed by atoms with Crippen LogP contribution in [0, 0.1) is 6.92 Å². The summed E-state index contributed by atoms with van der Waals surface area (Å²) >= 11 is 0. The van der Waals surface area contributed by atoms with Gasteiger partial charge in [-0.15, -0.1) is 0 Å². The highest BCUT2D eigenvalue weighted by molar-refractivity contribution is 5.41. The van der Waals surface area contributed by atoms with Crippen LogP contribution in [0.15, 0.2) is 47.7 Å². The maximum Gasteiger partial charge on any atom is 0.283 e. The van der Waals surface area contributed by atoms with Crippen molar-refractivity contribution in [2.24, 2.45) is 0 Å². The summed E-state index contributed by atoms with van der Waals surface area (Å²) in [5.74, 6) is 0. The third kappa shape index (κ3) is 1.52. The molecule has 0 fully saturated rings. The molecule has 3 aromatic heterocycles. The van der Waals surface area contributed by atoms with E-state index in [1.165, 1.54) is 4.40 Å². The number of aromatic nitrogens is 4. The first-order valence-electron chi connectivity index (χ1n) is 5.25. The van der Waals surface area contributed by atoms with E-state index < -0.39 is 0 Å². The van der Waals surface area contributed by atoms with Gasteiger partial charge in [-0.2, -0.15) is 5.10 Å². The third-order valence-corrected chi connectivity index (χ3v) is 2.56. The van der Waals surface area contributed by atoms with Gasteiger partial charge in [0.25, 0.3) is 5.56 Å². The van der Waals surface area contributed by atoms with Crippen molar-refractivity contribution in [3.63, 3.8) is 0 Å². The van der Waals surface area contributed by atoms with E-state index in [2.05, 4.69) is 10.1 Å². The van der Waals surface area contributed by atoms with Gasteiger partial charge in [-0.3, -0.25) is 9.20 Å². The molecule has 5 heteroatoms. The molecule has 0 saturated heterocycles. The molecule has 0 saturated carbocycles. The fourth-order valence-electron chi connectivity index (χ4n) is 1.72. The van der Waals surface area contributed by atoms with Crippen LogP contribution in [0.25, 0.3) is 11.3 Å². The van der Waals surface area contributed by atoms with Crippen LogP contribution < -0.4 is 5.56 Å². The largest absolute Gasteiger partial charge is 0.283 e. The lowest BCUT2D eigenvalue weighted by molar-refractivity contribution is 0.831. The first-order chi connectivity index (χ1) is 8.25. The number of hydrogen-bond acceptors (Lipinski definition) is 3. The zero-order valence-electron chi connectivity index (χ0n) is 9.24. The van der Waals surface area contributed by atoms with Gasteiger partial charge in [0.15, 0.2) is 0 Å². The predicted molar refractivity (Wildman–Crippen MR) is 63.3 cm³/mol.